The van der Waals surface area contributed by atoms with Crippen molar-refractivity contribution >= 4 is 0 Å². The lowest BCUT2D eigenvalue weighted by molar-refractivity contribution is 0.330. The van der Waals surface area contributed by atoms with Crippen molar-refractivity contribution in [2.45, 2.75) is 34.6 Å². The lowest BCUT2D eigenvalue weighted by Crippen LogP contribution is -2.18. The number of hydrogen-bond donors (Lipinski definition) is 0. The smallest absolute Gasteiger partial charge is 0.00198 e. The third kappa shape index (κ3) is 3.41. The molecule has 0 fully saturated rings. The van der Waals surface area contributed by atoms with Gasteiger partial charge >= 0.3 is 0 Å². The molecule has 0 heterocycles. The molecule has 0 amide bonds. The van der Waals surface area contributed by atoms with Crippen molar-refractivity contribution in [1.82, 2.24) is 0 Å². The molecule has 0 aromatic carbocycles. The van der Waals surface area contributed by atoms with Gasteiger partial charge in [0, 0.05) is 5.92 Å². The van der Waals surface area contributed by atoms with Crippen LogP contribution in [0, 0.1) is 11.3 Å². The Hall–Kier alpha value is -0.520. The maximum Gasteiger partial charge on any atom is 0.00198 e. The molecule has 0 bridgehead atoms. The van der Waals surface area contributed by atoms with Crippen molar-refractivity contribution in [1.29, 1.82) is 0 Å². The summed E-state index contributed by atoms with van der Waals surface area (Å²) in [7, 11) is 0. The Kier molecular flexibility index (Phi) is 3.57. The van der Waals surface area contributed by atoms with Crippen LogP contribution < -0.4 is 0 Å². The summed E-state index contributed by atoms with van der Waals surface area (Å²) in [4.78, 5) is 0. The molecule has 0 aromatic heterocycles. The first kappa shape index (κ1) is 10.5. The summed E-state index contributed by atoms with van der Waals surface area (Å²) in [6.07, 6.45) is 4.33. The summed E-state index contributed by atoms with van der Waals surface area (Å²) in [6.45, 7) is 14.9. The van der Waals surface area contributed by atoms with Crippen molar-refractivity contribution in [3.63, 3.8) is 0 Å². The van der Waals surface area contributed by atoms with Crippen LogP contribution in [0.3, 0.4) is 0 Å². The molecular weight excluding hydrogens is 132 g/mol. The summed E-state index contributed by atoms with van der Waals surface area (Å²) >= 11 is 0. The fraction of sp³-hybridized carbons (Fsp3) is 0.636. The van der Waals surface area contributed by atoms with E-state index in [1.165, 1.54) is 5.57 Å². The molecule has 0 spiro atoms. The van der Waals surface area contributed by atoms with E-state index < -0.39 is 0 Å². The van der Waals surface area contributed by atoms with Gasteiger partial charge in [0.2, 0.25) is 0 Å². The second kappa shape index (κ2) is 3.75. The maximum atomic E-state index is 3.99. The first-order valence-corrected chi connectivity index (χ1v) is 4.17. The van der Waals surface area contributed by atoms with E-state index in [-0.39, 0.29) is 0 Å². The van der Waals surface area contributed by atoms with Crippen LogP contribution in [0.4, 0.5) is 0 Å². The Morgan fingerprint density at radius 3 is 1.91 bits per heavy atom. The normalized spacial score (nSPS) is 15.4. The highest BCUT2D eigenvalue weighted by atomic mass is 14.3. The van der Waals surface area contributed by atoms with Crippen LogP contribution in [0.25, 0.3) is 0 Å². The molecule has 64 valence electrons. The average Bonchev–Trinajstić information content (AvgIpc) is 1.79. The summed E-state index contributed by atoms with van der Waals surface area (Å²) in [5, 5.41) is 0. The zero-order chi connectivity index (χ0) is 9.07. The van der Waals surface area contributed by atoms with E-state index in [0.717, 1.165) is 0 Å². The van der Waals surface area contributed by atoms with Crippen LogP contribution in [-0.2, 0) is 0 Å². The Balaban J connectivity index is 4.48. The van der Waals surface area contributed by atoms with Gasteiger partial charge in [0.05, 0.1) is 0 Å². The molecule has 0 rings (SSSR count). The van der Waals surface area contributed by atoms with Gasteiger partial charge in [0.15, 0.2) is 0 Å². The quantitative estimate of drug-likeness (QED) is 0.528. The number of rotatable bonds is 2. The van der Waals surface area contributed by atoms with Crippen molar-refractivity contribution in [2.75, 3.05) is 0 Å². The van der Waals surface area contributed by atoms with Gasteiger partial charge in [-0.2, -0.15) is 0 Å². The minimum atomic E-state index is 0.304. The molecule has 0 N–H and O–H groups in total. The molecule has 0 aliphatic heterocycles. The van der Waals surface area contributed by atoms with E-state index in [9.17, 15) is 0 Å². The summed E-state index contributed by atoms with van der Waals surface area (Å²) in [5.74, 6) is 0.507. The number of allylic oxidation sites excluding steroid dienone is 3. The van der Waals surface area contributed by atoms with Gasteiger partial charge in [-0.25, -0.2) is 0 Å². The number of hydrogen-bond acceptors (Lipinski definition) is 0. The zero-order valence-corrected chi connectivity index (χ0v) is 8.44. The first-order chi connectivity index (χ1) is 4.89. The standard InChI is InChI=1S/C11H20/c1-7-8-10(9(2)3)11(4,5)6/h7-8,10H,2H2,1,3-6H3. The molecule has 0 nitrogen and oxygen atoms in total. The molecular formula is C11H20. The van der Waals surface area contributed by atoms with Gasteiger partial charge in [-0.1, -0.05) is 45.1 Å². The zero-order valence-electron chi connectivity index (χ0n) is 8.44. The molecule has 1 atom stereocenters. The summed E-state index contributed by atoms with van der Waals surface area (Å²) in [5.41, 5.74) is 1.55. The Morgan fingerprint density at radius 2 is 1.82 bits per heavy atom. The lowest BCUT2D eigenvalue weighted by atomic mass is 9.77. The van der Waals surface area contributed by atoms with Gasteiger partial charge in [-0.05, 0) is 19.3 Å². The topological polar surface area (TPSA) is 0 Å². The molecule has 0 aliphatic carbocycles. The molecule has 0 radical (unpaired) electrons. The largest absolute Gasteiger partial charge is 0.0995 e. The fourth-order valence-corrected chi connectivity index (χ4v) is 1.38. The van der Waals surface area contributed by atoms with Crippen molar-refractivity contribution in [3.05, 3.63) is 24.3 Å². The molecule has 1 unspecified atom stereocenters. The van der Waals surface area contributed by atoms with Crippen LogP contribution >= 0.6 is 0 Å². The first-order valence-electron chi connectivity index (χ1n) is 4.17. The average molecular weight is 152 g/mol. The second-order valence-electron chi connectivity index (χ2n) is 4.22. The fourth-order valence-electron chi connectivity index (χ4n) is 1.38. The Bertz CT molecular complexity index is 155. The molecule has 0 saturated heterocycles. The van der Waals surface area contributed by atoms with Crippen LogP contribution in [0.5, 0.6) is 0 Å². The van der Waals surface area contributed by atoms with E-state index in [1.807, 2.05) is 0 Å². The third-order valence-corrected chi connectivity index (χ3v) is 1.85. The lowest BCUT2D eigenvalue weighted by Gasteiger charge is -2.28. The van der Waals surface area contributed by atoms with E-state index >= 15 is 0 Å². The van der Waals surface area contributed by atoms with Gasteiger partial charge in [0.25, 0.3) is 0 Å². The van der Waals surface area contributed by atoms with Crippen LogP contribution in [0.2, 0.25) is 0 Å². The van der Waals surface area contributed by atoms with Crippen molar-refractivity contribution in [2.24, 2.45) is 11.3 Å². The monoisotopic (exact) mass is 152 g/mol. The van der Waals surface area contributed by atoms with Gasteiger partial charge in [0.1, 0.15) is 0 Å². The summed E-state index contributed by atoms with van der Waals surface area (Å²) in [6, 6.07) is 0. The Labute approximate surface area is 71.0 Å². The Morgan fingerprint density at radius 1 is 1.36 bits per heavy atom. The van der Waals surface area contributed by atoms with Crippen molar-refractivity contribution < 1.29 is 0 Å². The maximum absolute atomic E-state index is 3.99. The molecule has 0 heteroatoms. The van der Waals surface area contributed by atoms with Crippen LogP contribution in [0.15, 0.2) is 24.3 Å². The van der Waals surface area contributed by atoms with Crippen LogP contribution in [-0.4, -0.2) is 0 Å². The SMILES string of the molecule is C=C(C)C(C=CC)C(C)(C)C. The third-order valence-electron chi connectivity index (χ3n) is 1.85. The molecule has 0 saturated carbocycles. The highest BCUT2D eigenvalue weighted by Gasteiger charge is 2.21. The van der Waals surface area contributed by atoms with E-state index in [4.69, 9.17) is 0 Å². The van der Waals surface area contributed by atoms with E-state index in [1.54, 1.807) is 0 Å². The molecule has 11 heavy (non-hydrogen) atoms. The van der Waals surface area contributed by atoms with Gasteiger partial charge < -0.3 is 0 Å². The predicted octanol–water partition coefficient (Wildman–Crippen LogP) is 3.80. The van der Waals surface area contributed by atoms with Gasteiger partial charge in [-0.15, -0.1) is 0 Å². The summed E-state index contributed by atoms with van der Waals surface area (Å²) < 4.78 is 0. The minimum absolute atomic E-state index is 0.304. The van der Waals surface area contributed by atoms with E-state index in [0.29, 0.717) is 11.3 Å². The van der Waals surface area contributed by atoms with Gasteiger partial charge in [-0.3, -0.25) is 0 Å². The highest BCUT2D eigenvalue weighted by Crippen LogP contribution is 2.31. The second-order valence-corrected chi connectivity index (χ2v) is 4.22. The molecule has 0 aliphatic rings. The minimum Gasteiger partial charge on any atom is -0.0995 e. The highest BCUT2D eigenvalue weighted by molar-refractivity contribution is 5.10. The molecule has 0 aromatic rings. The predicted molar refractivity (Wildman–Crippen MR) is 52.6 cm³/mol. The van der Waals surface area contributed by atoms with E-state index in [2.05, 4.69) is 53.3 Å². The van der Waals surface area contributed by atoms with Crippen LogP contribution in [0.1, 0.15) is 34.6 Å². The van der Waals surface area contributed by atoms with Crippen molar-refractivity contribution in [3.8, 4) is 0 Å².